The van der Waals surface area contributed by atoms with E-state index in [1.807, 2.05) is 39.1 Å². The Morgan fingerprint density at radius 2 is 2.03 bits per heavy atom. The third kappa shape index (κ3) is 5.85. The van der Waals surface area contributed by atoms with Crippen LogP contribution in [0.3, 0.4) is 0 Å². The van der Waals surface area contributed by atoms with Crippen molar-refractivity contribution in [3.8, 4) is 11.3 Å². The van der Waals surface area contributed by atoms with E-state index in [0.29, 0.717) is 29.9 Å². The lowest BCUT2D eigenvalue weighted by atomic mass is 10.1. The van der Waals surface area contributed by atoms with Gasteiger partial charge in [-0.3, -0.25) is 14.7 Å². The average Bonchev–Trinajstić information content (AvgIpc) is 3.37. The molecule has 1 unspecified atom stereocenters. The Morgan fingerprint density at radius 1 is 1.24 bits per heavy atom. The van der Waals surface area contributed by atoms with Gasteiger partial charge in [0.1, 0.15) is 0 Å². The Labute approximate surface area is 224 Å². The monoisotopic (exact) mass is 518 g/mol. The lowest BCUT2D eigenvalue weighted by Gasteiger charge is -2.32. The number of pyridine rings is 1. The molecule has 0 saturated carbocycles. The molecule has 0 aromatic carbocycles. The summed E-state index contributed by atoms with van der Waals surface area (Å²) in [6, 6.07) is 1.77. The molecule has 3 N–H and O–H groups in total. The Hall–Kier alpha value is -3.79. The van der Waals surface area contributed by atoms with Crippen molar-refractivity contribution in [1.82, 2.24) is 24.8 Å². The number of H-pyrrole nitrogens is 1. The van der Waals surface area contributed by atoms with Gasteiger partial charge in [-0.15, -0.1) is 0 Å². The highest BCUT2D eigenvalue weighted by atomic mass is 16.5. The second-order valence-corrected chi connectivity index (χ2v) is 9.33. The van der Waals surface area contributed by atoms with Gasteiger partial charge in [0.15, 0.2) is 5.82 Å². The summed E-state index contributed by atoms with van der Waals surface area (Å²) >= 11 is 0. The van der Waals surface area contributed by atoms with Crippen molar-refractivity contribution in [3.05, 3.63) is 42.0 Å². The van der Waals surface area contributed by atoms with E-state index in [1.54, 1.807) is 19.5 Å². The molecular formula is C28H38N8O2. The van der Waals surface area contributed by atoms with E-state index >= 15 is 0 Å². The van der Waals surface area contributed by atoms with Gasteiger partial charge in [-0.1, -0.05) is 19.4 Å². The zero-order valence-electron chi connectivity index (χ0n) is 23.0. The van der Waals surface area contributed by atoms with Gasteiger partial charge in [0.05, 0.1) is 30.1 Å². The van der Waals surface area contributed by atoms with Gasteiger partial charge in [0.25, 0.3) is 0 Å². The fraction of sp³-hybridized carbons (Fsp3) is 0.464. The second kappa shape index (κ2) is 12.6. The van der Waals surface area contributed by atoms with Crippen LogP contribution in [0.1, 0.15) is 52.0 Å². The summed E-state index contributed by atoms with van der Waals surface area (Å²) in [4.78, 5) is 37.0. The third-order valence-electron chi connectivity index (χ3n) is 6.85. The molecule has 10 heteroatoms. The summed E-state index contributed by atoms with van der Waals surface area (Å²) < 4.78 is 5.42. The fourth-order valence-corrected chi connectivity index (χ4v) is 4.93. The van der Waals surface area contributed by atoms with Crippen molar-refractivity contribution in [1.29, 1.82) is 0 Å². The smallest absolute Gasteiger partial charge is 0.242 e. The molecular weight excluding hydrogens is 480 g/mol. The van der Waals surface area contributed by atoms with Crippen molar-refractivity contribution in [2.75, 3.05) is 37.4 Å². The summed E-state index contributed by atoms with van der Waals surface area (Å²) in [5.41, 5.74) is 4.06. The number of piperidine rings is 1. The number of carbonyl (C=O) groups excluding carboxylic acids is 1. The van der Waals surface area contributed by atoms with Crippen LogP contribution in [-0.4, -0.2) is 69.4 Å². The van der Waals surface area contributed by atoms with E-state index in [1.165, 1.54) is 6.42 Å². The van der Waals surface area contributed by atoms with Crippen LogP contribution >= 0.6 is 0 Å². The SMILES string of the molecule is C/C=C(/Nc1ncc(C)c(-c2c[nH]c3c(NC(=O)C(CC)N4CCCCC4)nccc23)n1)C(=NCC)OC. The quantitative estimate of drug-likeness (QED) is 0.272. The van der Waals surface area contributed by atoms with Gasteiger partial charge in [-0.05, 0) is 64.8 Å². The number of rotatable bonds is 9. The average molecular weight is 519 g/mol. The molecule has 1 fully saturated rings. The minimum Gasteiger partial charge on any atom is -0.480 e. The number of ether oxygens (including phenoxy) is 1. The molecule has 3 aromatic heterocycles. The van der Waals surface area contributed by atoms with E-state index in [-0.39, 0.29) is 11.9 Å². The van der Waals surface area contributed by atoms with Crippen molar-refractivity contribution in [3.63, 3.8) is 0 Å². The number of methoxy groups -OCH3 is 1. The van der Waals surface area contributed by atoms with Crippen LogP contribution in [0.25, 0.3) is 22.2 Å². The van der Waals surface area contributed by atoms with Crippen molar-refractivity contribution in [2.24, 2.45) is 4.99 Å². The highest BCUT2D eigenvalue weighted by Gasteiger charge is 2.26. The van der Waals surface area contributed by atoms with Crippen LogP contribution < -0.4 is 10.6 Å². The number of aromatic nitrogens is 4. The van der Waals surface area contributed by atoms with Crippen molar-refractivity contribution >= 4 is 34.5 Å². The number of hydrogen-bond acceptors (Lipinski definition) is 8. The molecule has 202 valence electrons. The molecule has 1 aliphatic rings. The molecule has 0 spiro atoms. The van der Waals surface area contributed by atoms with Crippen molar-refractivity contribution < 1.29 is 9.53 Å². The van der Waals surface area contributed by atoms with Gasteiger partial charge in [0, 0.05) is 36.1 Å². The number of nitrogens with one attached hydrogen (secondary N) is 3. The number of anilines is 2. The zero-order valence-corrected chi connectivity index (χ0v) is 23.0. The molecule has 1 atom stereocenters. The molecule has 1 amide bonds. The largest absolute Gasteiger partial charge is 0.480 e. The van der Waals surface area contributed by atoms with Crippen LogP contribution in [0.5, 0.6) is 0 Å². The van der Waals surface area contributed by atoms with Crippen LogP contribution in [0, 0.1) is 6.92 Å². The second-order valence-electron chi connectivity index (χ2n) is 9.33. The first-order valence-corrected chi connectivity index (χ1v) is 13.4. The van der Waals surface area contributed by atoms with Gasteiger partial charge in [-0.25, -0.2) is 15.0 Å². The Morgan fingerprint density at radius 3 is 2.71 bits per heavy atom. The number of carbonyl (C=O) groups is 1. The van der Waals surface area contributed by atoms with Gasteiger partial charge in [-0.2, -0.15) is 0 Å². The van der Waals surface area contributed by atoms with E-state index in [4.69, 9.17) is 9.72 Å². The molecule has 3 aromatic rings. The maximum atomic E-state index is 13.3. The molecule has 4 rings (SSSR count). The zero-order chi connectivity index (χ0) is 27.1. The minimum atomic E-state index is -0.159. The highest BCUT2D eigenvalue weighted by Crippen LogP contribution is 2.32. The molecule has 10 nitrogen and oxygen atoms in total. The first-order chi connectivity index (χ1) is 18.5. The van der Waals surface area contributed by atoms with E-state index < -0.39 is 0 Å². The Bertz CT molecular complexity index is 1320. The molecule has 0 aliphatic carbocycles. The number of allylic oxidation sites excluding steroid dienone is 1. The van der Waals surface area contributed by atoms with Crippen LogP contribution in [0.15, 0.2) is 41.4 Å². The summed E-state index contributed by atoms with van der Waals surface area (Å²) in [6.45, 7) is 10.4. The summed E-state index contributed by atoms with van der Waals surface area (Å²) in [6.07, 6.45) is 11.6. The Kier molecular flexibility index (Phi) is 9.06. The third-order valence-corrected chi connectivity index (χ3v) is 6.85. The van der Waals surface area contributed by atoms with Gasteiger partial charge in [0.2, 0.25) is 17.8 Å². The Balaban J connectivity index is 1.62. The highest BCUT2D eigenvalue weighted by molar-refractivity contribution is 6.05. The number of aliphatic imine (C=N–C) groups is 1. The number of aryl methyl sites for hydroxylation is 1. The number of amides is 1. The maximum absolute atomic E-state index is 13.3. The van der Waals surface area contributed by atoms with E-state index in [2.05, 4.69) is 42.4 Å². The normalized spacial score (nSPS) is 15.9. The van der Waals surface area contributed by atoms with Crippen molar-refractivity contribution in [2.45, 2.75) is 59.4 Å². The summed E-state index contributed by atoms with van der Waals surface area (Å²) in [5.74, 6) is 1.44. The maximum Gasteiger partial charge on any atom is 0.242 e. The topological polar surface area (TPSA) is 120 Å². The molecule has 4 heterocycles. The lowest BCUT2D eigenvalue weighted by Crippen LogP contribution is -2.46. The van der Waals surface area contributed by atoms with E-state index in [9.17, 15) is 4.79 Å². The molecule has 0 radical (unpaired) electrons. The molecule has 1 saturated heterocycles. The van der Waals surface area contributed by atoms with Crippen LogP contribution in [0.4, 0.5) is 11.8 Å². The molecule has 1 aliphatic heterocycles. The number of aromatic amines is 1. The predicted octanol–water partition coefficient (Wildman–Crippen LogP) is 4.91. The first kappa shape index (κ1) is 27.3. The fourth-order valence-electron chi connectivity index (χ4n) is 4.93. The predicted molar refractivity (Wildman–Crippen MR) is 152 cm³/mol. The lowest BCUT2D eigenvalue weighted by molar-refractivity contribution is -0.121. The molecule has 0 bridgehead atoms. The number of fused-ring (bicyclic) bond motifs is 1. The van der Waals surface area contributed by atoms with Crippen LogP contribution in [0.2, 0.25) is 0 Å². The van der Waals surface area contributed by atoms with Gasteiger partial charge >= 0.3 is 0 Å². The number of hydrogen-bond donors (Lipinski definition) is 3. The molecule has 38 heavy (non-hydrogen) atoms. The summed E-state index contributed by atoms with van der Waals surface area (Å²) in [5, 5.41) is 7.24. The van der Waals surface area contributed by atoms with E-state index in [0.717, 1.165) is 60.1 Å². The van der Waals surface area contributed by atoms with Gasteiger partial charge < -0.3 is 20.4 Å². The number of nitrogens with zero attached hydrogens (tertiary/aromatic N) is 5. The summed E-state index contributed by atoms with van der Waals surface area (Å²) in [7, 11) is 1.59. The number of likely N-dealkylation sites (tertiary alicyclic amines) is 1. The van der Waals surface area contributed by atoms with Crippen LogP contribution in [-0.2, 0) is 9.53 Å². The first-order valence-electron chi connectivity index (χ1n) is 13.4. The minimum absolute atomic E-state index is 0.0168. The standard InChI is InChI=1S/C28H38N8O2/c1-6-21(27(38-5)29-8-3)33-28-32-16-18(4)23(34-28)20-17-31-24-19(20)12-13-30-25(24)35-26(37)22(7-2)36-14-10-9-11-15-36/h6,12-13,16-17,22,31H,7-11,14-15H2,1-5H3,(H,30,35,37)(H,32,33,34)/b21-6+,29-27?.